The van der Waals surface area contributed by atoms with E-state index in [0.717, 1.165) is 43.7 Å². The second kappa shape index (κ2) is 4.78. The lowest BCUT2D eigenvalue weighted by Crippen LogP contribution is -2.00. The van der Waals surface area contributed by atoms with Gasteiger partial charge in [0.05, 0.1) is 10.4 Å². The van der Waals surface area contributed by atoms with Crippen LogP contribution in [0.3, 0.4) is 0 Å². The summed E-state index contributed by atoms with van der Waals surface area (Å²) in [5.74, 6) is 0. The highest BCUT2D eigenvalue weighted by Crippen LogP contribution is 2.52. The smallest absolute Gasteiger partial charge is 0.209 e. The van der Waals surface area contributed by atoms with Crippen molar-refractivity contribution in [1.82, 2.24) is 4.57 Å². The van der Waals surface area contributed by atoms with Crippen LogP contribution >= 0.6 is 0 Å². The van der Waals surface area contributed by atoms with Crippen molar-refractivity contribution in [1.29, 1.82) is 0 Å². The molecule has 0 amide bonds. The molecule has 6 rings (SSSR count). The molecule has 0 unspecified atom stereocenters. The average molecular weight is 369 g/mol. The number of benzene rings is 4. The molecule has 0 saturated carbocycles. The maximum atomic E-state index is 13.5. The summed E-state index contributed by atoms with van der Waals surface area (Å²) in [6, 6.07) is 23.6. The highest BCUT2D eigenvalue weighted by molar-refractivity contribution is 7.92. The summed E-state index contributed by atoms with van der Waals surface area (Å²) in [6.07, 6.45) is 0. The van der Waals surface area contributed by atoms with Gasteiger partial charge in [-0.2, -0.15) is 0 Å². The van der Waals surface area contributed by atoms with Gasteiger partial charge in [-0.15, -0.1) is 0 Å². The Bertz CT molecular complexity index is 1540. The Morgan fingerprint density at radius 3 is 2.19 bits per heavy atom. The fraction of sp³-hybridized carbons (Fsp3) is 0.0435. The molecule has 0 radical (unpaired) electrons. The Kier molecular flexibility index (Phi) is 2.66. The van der Waals surface area contributed by atoms with E-state index in [4.69, 9.17) is 0 Å². The van der Waals surface area contributed by atoms with Crippen LogP contribution in [0.5, 0.6) is 0 Å². The third kappa shape index (κ3) is 1.65. The highest BCUT2D eigenvalue weighted by atomic mass is 32.2. The molecule has 1 aliphatic rings. The molecule has 4 aromatic carbocycles. The molecule has 5 aromatic rings. The zero-order chi connectivity index (χ0) is 18.3. The number of hydrogen-bond donors (Lipinski definition) is 0. The lowest BCUT2D eigenvalue weighted by molar-refractivity contribution is 0.599. The molecule has 1 aromatic heterocycles. The summed E-state index contributed by atoms with van der Waals surface area (Å²) in [6.45, 7) is 0. The van der Waals surface area contributed by atoms with E-state index >= 15 is 0 Å². The molecule has 4 heteroatoms. The third-order valence-corrected chi connectivity index (χ3v) is 7.60. The van der Waals surface area contributed by atoms with Crippen LogP contribution in [0.4, 0.5) is 0 Å². The summed E-state index contributed by atoms with van der Waals surface area (Å²) in [7, 11) is -1.62. The van der Waals surface area contributed by atoms with Crippen LogP contribution in [0.15, 0.2) is 82.6 Å². The summed E-state index contributed by atoms with van der Waals surface area (Å²) >= 11 is 0. The normalized spacial score (nSPS) is 14.7. The van der Waals surface area contributed by atoms with E-state index in [-0.39, 0.29) is 0 Å². The van der Waals surface area contributed by atoms with E-state index in [2.05, 4.69) is 12.1 Å². The monoisotopic (exact) mass is 369 g/mol. The Morgan fingerprint density at radius 2 is 1.37 bits per heavy atom. The average Bonchev–Trinajstić information content (AvgIpc) is 3.12. The van der Waals surface area contributed by atoms with Crippen molar-refractivity contribution in [3.63, 3.8) is 0 Å². The Labute approximate surface area is 156 Å². The number of aromatic nitrogens is 1. The van der Waals surface area contributed by atoms with Gasteiger partial charge in [0.2, 0.25) is 9.84 Å². The van der Waals surface area contributed by atoms with Crippen molar-refractivity contribution in [2.45, 2.75) is 9.79 Å². The van der Waals surface area contributed by atoms with Crippen LogP contribution in [-0.4, -0.2) is 13.0 Å². The predicted molar refractivity (Wildman–Crippen MR) is 109 cm³/mol. The minimum absolute atomic E-state index is 0.405. The molecule has 130 valence electrons. The summed E-state index contributed by atoms with van der Waals surface area (Å²) in [5, 5.41) is 4.18. The quantitative estimate of drug-likeness (QED) is 0.364. The maximum absolute atomic E-state index is 13.5. The van der Waals surface area contributed by atoms with E-state index in [1.807, 2.05) is 60.1 Å². The molecule has 3 nitrogen and oxygen atoms in total. The molecule has 0 bridgehead atoms. The first-order valence-corrected chi connectivity index (χ1v) is 10.4. The fourth-order valence-electron chi connectivity index (χ4n) is 4.64. The topological polar surface area (TPSA) is 39.1 Å². The predicted octanol–water partition coefficient (Wildman–Crippen LogP) is 5.30. The second-order valence-corrected chi connectivity index (χ2v) is 8.90. The second-order valence-electron chi connectivity index (χ2n) is 7.05. The van der Waals surface area contributed by atoms with Crippen molar-refractivity contribution in [3.8, 4) is 11.1 Å². The van der Waals surface area contributed by atoms with Crippen molar-refractivity contribution in [3.05, 3.63) is 72.8 Å². The van der Waals surface area contributed by atoms with Crippen molar-refractivity contribution < 1.29 is 8.42 Å². The number of rotatable bonds is 0. The lowest BCUT2D eigenvalue weighted by Gasteiger charge is -2.10. The first kappa shape index (κ1) is 15.0. The first-order valence-electron chi connectivity index (χ1n) is 8.87. The van der Waals surface area contributed by atoms with E-state index in [1.54, 1.807) is 12.1 Å². The summed E-state index contributed by atoms with van der Waals surface area (Å²) in [5.41, 5.74) is 3.47. The zero-order valence-electron chi connectivity index (χ0n) is 14.6. The number of fused-ring (bicyclic) bond motifs is 10. The van der Waals surface area contributed by atoms with Crippen LogP contribution in [-0.2, 0) is 16.9 Å². The van der Waals surface area contributed by atoms with Gasteiger partial charge < -0.3 is 4.57 Å². The number of hydrogen-bond acceptors (Lipinski definition) is 2. The molecule has 0 atom stereocenters. The first-order chi connectivity index (χ1) is 13.1. The molecule has 2 heterocycles. The molecule has 0 saturated heterocycles. The molecule has 0 fully saturated rings. The van der Waals surface area contributed by atoms with Crippen molar-refractivity contribution in [2.75, 3.05) is 0 Å². The Morgan fingerprint density at radius 1 is 0.741 bits per heavy atom. The van der Waals surface area contributed by atoms with E-state index in [9.17, 15) is 8.42 Å². The number of para-hydroxylation sites is 1. The molecule has 0 spiro atoms. The molecule has 0 N–H and O–H groups in total. The van der Waals surface area contributed by atoms with E-state index in [0.29, 0.717) is 9.79 Å². The Hall–Kier alpha value is -3.11. The fourth-order valence-corrected chi connectivity index (χ4v) is 6.56. The van der Waals surface area contributed by atoms with Crippen LogP contribution < -0.4 is 0 Å². The molecule has 1 aliphatic heterocycles. The Balaban J connectivity index is 2.05. The van der Waals surface area contributed by atoms with Crippen LogP contribution in [0.1, 0.15) is 0 Å². The summed E-state index contributed by atoms with van der Waals surface area (Å²) in [4.78, 5) is 0.846. The van der Waals surface area contributed by atoms with Crippen molar-refractivity contribution in [2.24, 2.45) is 7.05 Å². The van der Waals surface area contributed by atoms with Gasteiger partial charge in [0.15, 0.2) is 0 Å². The summed E-state index contributed by atoms with van der Waals surface area (Å²) < 4.78 is 29.1. The minimum atomic E-state index is -3.57. The highest BCUT2D eigenvalue weighted by Gasteiger charge is 2.37. The number of aryl methyl sites for hydroxylation is 1. The van der Waals surface area contributed by atoms with E-state index in [1.165, 1.54) is 0 Å². The van der Waals surface area contributed by atoms with Crippen LogP contribution in [0, 0.1) is 0 Å². The van der Waals surface area contributed by atoms with Gasteiger partial charge in [0.25, 0.3) is 0 Å². The lowest BCUT2D eigenvalue weighted by atomic mass is 9.95. The standard InChI is InChI=1S/C23H15NO2S/c1-24-18-12-6-4-10-16(18)20-14-8-2-3-9-15(14)21-17-11-5-7-13-19(17)27(25,26)23(21)22(20)24/h2-13H,1H3. The number of sulfone groups is 1. The van der Waals surface area contributed by atoms with Crippen LogP contribution in [0.2, 0.25) is 0 Å². The van der Waals surface area contributed by atoms with Gasteiger partial charge in [-0.05, 0) is 22.9 Å². The minimum Gasteiger partial charge on any atom is -0.342 e. The van der Waals surface area contributed by atoms with Gasteiger partial charge in [0.1, 0.15) is 4.90 Å². The maximum Gasteiger partial charge on any atom is 0.209 e. The SMILES string of the molecule is Cn1c2ccccc2c2c3ccccc3c3c(c21)S(=O)(=O)c1ccccc1-3. The third-order valence-electron chi connectivity index (χ3n) is 5.73. The molecule has 27 heavy (non-hydrogen) atoms. The van der Waals surface area contributed by atoms with Crippen LogP contribution in [0.25, 0.3) is 43.7 Å². The van der Waals surface area contributed by atoms with Gasteiger partial charge in [-0.25, -0.2) is 8.42 Å². The van der Waals surface area contributed by atoms with Gasteiger partial charge in [-0.1, -0.05) is 60.7 Å². The van der Waals surface area contributed by atoms with Gasteiger partial charge >= 0.3 is 0 Å². The molecule has 0 aliphatic carbocycles. The largest absolute Gasteiger partial charge is 0.342 e. The van der Waals surface area contributed by atoms with Gasteiger partial charge in [-0.3, -0.25) is 0 Å². The number of nitrogens with zero attached hydrogens (tertiary/aromatic N) is 1. The van der Waals surface area contributed by atoms with Gasteiger partial charge in [0, 0.05) is 34.5 Å². The van der Waals surface area contributed by atoms with Crippen molar-refractivity contribution >= 4 is 42.4 Å². The van der Waals surface area contributed by atoms with E-state index < -0.39 is 9.84 Å². The zero-order valence-corrected chi connectivity index (χ0v) is 15.4. The molecular weight excluding hydrogens is 354 g/mol. The molecular formula is C23H15NO2S.